The number of rotatable bonds is 4. The lowest BCUT2D eigenvalue weighted by Crippen LogP contribution is -2.14. The summed E-state index contributed by atoms with van der Waals surface area (Å²) in [6, 6.07) is 7.50. The van der Waals surface area contributed by atoms with Crippen LogP contribution in [-0.4, -0.2) is 22.5 Å². The highest BCUT2D eigenvalue weighted by atomic mass is 16.7. The van der Waals surface area contributed by atoms with Gasteiger partial charge in [-0.05, 0) is 24.1 Å². The summed E-state index contributed by atoms with van der Waals surface area (Å²) in [6.07, 6.45) is 2.71. The van der Waals surface area contributed by atoms with Crippen LogP contribution in [0.25, 0.3) is 0 Å². The average molecular weight is 273 g/mol. The summed E-state index contributed by atoms with van der Waals surface area (Å²) < 4.78 is 12.2. The fourth-order valence-electron chi connectivity index (χ4n) is 2.06. The molecule has 3 rings (SSSR count). The number of benzene rings is 1. The molecule has 0 bridgehead atoms. The number of aryl methyl sites for hydroxylation is 2. The van der Waals surface area contributed by atoms with Crippen LogP contribution in [-0.2, 0) is 18.3 Å². The number of amides is 1. The summed E-state index contributed by atoms with van der Waals surface area (Å²) in [5.74, 6) is 2.16. The molecule has 0 spiro atoms. The number of nitrogens with zero attached hydrogens (tertiary/aromatic N) is 2. The van der Waals surface area contributed by atoms with E-state index < -0.39 is 0 Å². The van der Waals surface area contributed by atoms with Crippen LogP contribution in [0.5, 0.6) is 11.5 Å². The first kappa shape index (κ1) is 12.5. The monoisotopic (exact) mass is 273 g/mol. The zero-order valence-corrected chi connectivity index (χ0v) is 11.1. The van der Waals surface area contributed by atoms with E-state index in [0.29, 0.717) is 18.7 Å². The van der Waals surface area contributed by atoms with Crippen molar-refractivity contribution in [1.29, 1.82) is 0 Å². The van der Waals surface area contributed by atoms with Crippen LogP contribution >= 0.6 is 0 Å². The van der Waals surface area contributed by atoms with Crippen molar-refractivity contribution >= 4 is 11.7 Å². The molecule has 0 saturated heterocycles. The van der Waals surface area contributed by atoms with Crippen LogP contribution in [0.4, 0.5) is 5.82 Å². The maximum absolute atomic E-state index is 11.9. The minimum absolute atomic E-state index is 0.0359. The predicted molar refractivity (Wildman–Crippen MR) is 72.7 cm³/mol. The number of fused-ring (bicyclic) bond motifs is 1. The van der Waals surface area contributed by atoms with Crippen LogP contribution in [0.3, 0.4) is 0 Å². The van der Waals surface area contributed by atoms with Gasteiger partial charge in [-0.3, -0.25) is 9.48 Å². The highest BCUT2D eigenvalue weighted by Crippen LogP contribution is 2.32. The molecule has 0 aliphatic carbocycles. The van der Waals surface area contributed by atoms with Crippen molar-refractivity contribution in [2.45, 2.75) is 12.8 Å². The molecule has 0 unspecified atom stereocenters. The molecule has 1 aromatic carbocycles. The van der Waals surface area contributed by atoms with Gasteiger partial charge in [-0.15, -0.1) is 0 Å². The van der Waals surface area contributed by atoms with Gasteiger partial charge in [0.25, 0.3) is 0 Å². The topological polar surface area (TPSA) is 65.4 Å². The lowest BCUT2D eigenvalue weighted by atomic mass is 10.1. The van der Waals surface area contributed by atoms with Gasteiger partial charge in [0.2, 0.25) is 12.7 Å². The molecule has 0 atom stereocenters. The quantitative estimate of drug-likeness (QED) is 0.921. The van der Waals surface area contributed by atoms with Crippen LogP contribution in [0.2, 0.25) is 0 Å². The SMILES string of the molecule is Cn1nccc1NC(=O)CCc1ccc2c(c1)OCO2. The van der Waals surface area contributed by atoms with Gasteiger partial charge in [-0.25, -0.2) is 0 Å². The summed E-state index contributed by atoms with van der Waals surface area (Å²) in [5, 5.41) is 6.82. The zero-order valence-electron chi connectivity index (χ0n) is 11.1. The number of carbonyl (C=O) groups excluding carboxylic acids is 1. The van der Waals surface area contributed by atoms with E-state index in [1.165, 1.54) is 0 Å². The van der Waals surface area contributed by atoms with Crippen molar-refractivity contribution in [2.24, 2.45) is 7.05 Å². The van der Waals surface area contributed by atoms with Gasteiger partial charge in [0.15, 0.2) is 11.5 Å². The van der Waals surface area contributed by atoms with Crippen molar-refractivity contribution in [3.63, 3.8) is 0 Å². The molecule has 0 fully saturated rings. The van der Waals surface area contributed by atoms with Crippen molar-refractivity contribution in [3.05, 3.63) is 36.0 Å². The Labute approximate surface area is 116 Å². The van der Waals surface area contributed by atoms with E-state index >= 15 is 0 Å². The van der Waals surface area contributed by atoms with Gasteiger partial charge in [0.1, 0.15) is 5.82 Å². The Morgan fingerprint density at radius 2 is 2.20 bits per heavy atom. The molecule has 1 aromatic heterocycles. The molecule has 1 amide bonds. The minimum Gasteiger partial charge on any atom is -0.454 e. The number of carbonyl (C=O) groups is 1. The molecule has 1 aliphatic rings. The summed E-state index contributed by atoms with van der Waals surface area (Å²) >= 11 is 0. The molecule has 2 heterocycles. The van der Waals surface area contributed by atoms with E-state index in [9.17, 15) is 4.79 Å². The Hall–Kier alpha value is -2.50. The Morgan fingerprint density at radius 3 is 3.00 bits per heavy atom. The van der Waals surface area contributed by atoms with E-state index in [1.54, 1.807) is 24.0 Å². The zero-order chi connectivity index (χ0) is 13.9. The first-order chi connectivity index (χ1) is 9.72. The lowest BCUT2D eigenvalue weighted by Gasteiger charge is -2.06. The van der Waals surface area contributed by atoms with E-state index in [2.05, 4.69) is 10.4 Å². The number of anilines is 1. The minimum atomic E-state index is -0.0359. The van der Waals surface area contributed by atoms with Gasteiger partial charge >= 0.3 is 0 Å². The van der Waals surface area contributed by atoms with Crippen molar-refractivity contribution in [3.8, 4) is 11.5 Å². The van der Waals surface area contributed by atoms with Crippen molar-refractivity contribution in [1.82, 2.24) is 9.78 Å². The summed E-state index contributed by atoms with van der Waals surface area (Å²) in [6.45, 7) is 0.264. The summed E-state index contributed by atoms with van der Waals surface area (Å²) in [4.78, 5) is 11.9. The molecular weight excluding hydrogens is 258 g/mol. The van der Waals surface area contributed by atoms with Gasteiger partial charge < -0.3 is 14.8 Å². The van der Waals surface area contributed by atoms with E-state index in [1.807, 2.05) is 18.2 Å². The van der Waals surface area contributed by atoms with Gasteiger partial charge in [-0.2, -0.15) is 5.10 Å². The molecule has 1 N–H and O–H groups in total. The second-order valence-corrected chi connectivity index (χ2v) is 4.58. The highest BCUT2D eigenvalue weighted by molar-refractivity contribution is 5.89. The number of aromatic nitrogens is 2. The molecule has 0 saturated carbocycles. The van der Waals surface area contributed by atoms with Gasteiger partial charge in [0, 0.05) is 19.5 Å². The molecule has 104 valence electrons. The smallest absolute Gasteiger partial charge is 0.231 e. The van der Waals surface area contributed by atoms with Crippen LogP contribution in [0.15, 0.2) is 30.5 Å². The van der Waals surface area contributed by atoms with E-state index in [0.717, 1.165) is 17.1 Å². The second-order valence-electron chi connectivity index (χ2n) is 4.58. The Kier molecular flexibility index (Phi) is 3.28. The molecule has 2 aromatic rings. The molecule has 6 nitrogen and oxygen atoms in total. The van der Waals surface area contributed by atoms with Gasteiger partial charge in [0.05, 0.1) is 6.20 Å². The van der Waals surface area contributed by atoms with Crippen molar-refractivity contribution < 1.29 is 14.3 Å². The third kappa shape index (κ3) is 2.59. The first-order valence-corrected chi connectivity index (χ1v) is 6.39. The number of hydrogen-bond donors (Lipinski definition) is 1. The molecule has 20 heavy (non-hydrogen) atoms. The molecule has 6 heteroatoms. The molecular formula is C14H15N3O3. The first-order valence-electron chi connectivity index (χ1n) is 6.39. The van der Waals surface area contributed by atoms with Gasteiger partial charge in [-0.1, -0.05) is 6.07 Å². The van der Waals surface area contributed by atoms with Crippen LogP contribution < -0.4 is 14.8 Å². The number of ether oxygens (including phenoxy) is 2. The predicted octanol–water partition coefficient (Wildman–Crippen LogP) is 1.72. The lowest BCUT2D eigenvalue weighted by molar-refractivity contribution is -0.116. The Morgan fingerprint density at radius 1 is 1.35 bits per heavy atom. The fourth-order valence-corrected chi connectivity index (χ4v) is 2.06. The summed E-state index contributed by atoms with van der Waals surface area (Å²) in [7, 11) is 1.79. The van der Waals surface area contributed by atoms with Crippen molar-refractivity contribution in [2.75, 3.05) is 12.1 Å². The van der Waals surface area contributed by atoms with E-state index in [-0.39, 0.29) is 12.7 Å². The van der Waals surface area contributed by atoms with Crippen LogP contribution in [0, 0.1) is 0 Å². The van der Waals surface area contributed by atoms with Crippen LogP contribution in [0.1, 0.15) is 12.0 Å². The second kappa shape index (κ2) is 5.24. The molecule has 0 radical (unpaired) electrons. The Bertz CT molecular complexity index is 636. The normalized spacial score (nSPS) is 12.4. The largest absolute Gasteiger partial charge is 0.454 e. The Balaban J connectivity index is 1.57. The summed E-state index contributed by atoms with van der Waals surface area (Å²) in [5.41, 5.74) is 1.05. The standard InChI is InChI=1S/C14H15N3O3/c1-17-13(6-7-15-17)16-14(18)5-3-10-2-4-11-12(8-10)20-9-19-11/h2,4,6-8H,3,5,9H2,1H3,(H,16,18). The average Bonchev–Trinajstić information content (AvgIpc) is 3.05. The van der Waals surface area contributed by atoms with E-state index in [4.69, 9.17) is 9.47 Å². The maximum Gasteiger partial charge on any atom is 0.231 e. The highest BCUT2D eigenvalue weighted by Gasteiger charge is 2.13. The number of hydrogen-bond acceptors (Lipinski definition) is 4. The third-order valence-corrected chi connectivity index (χ3v) is 3.17. The molecule has 1 aliphatic heterocycles. The fraction of sp³-hybridized carbons (Fsp3) is 0.286. The maximum atomic E-state index is 11.9. The third-order valence-electron chi connectivity index (χ3n) is 3.17. The number of nitrogens with one attached hydrogen (secondary N) is 1.